The molecule has 0 atom stereocenters. The maximum absolute atomic E-state index is 12.6. The molecule has 86 valence electrons. The van der Waals surface area contributed by atoms with Crippen molar-refractivity contribution in [3.05, 3.63) is 47.8 Å². The third-order valence-electron chi connectivity index (χ3n) is 2.14. The van der Waals surface area contributed by atoms with E-state index in [-0.39, 0.29) is 11.5 Å². The average Bonchev–Trinajstić information content (AvgIpc) is 2.39. The number of nitrogens with zero attached hydrogens (tertiary/aromatic N) is 2. The Balaban J connectivity index is 2.54. The first-order valence-electron chi connectivity index (χ1n) is 4.88. The molecule has 1 aromatic carbocycles. The number of carbonyl (C=O) groups is 1. The van der Waals surface area contributed by atoms with Crippen LogP contribution in [-0.2, 0) is 0 Å². The largest absolute Gasteiger partial charge is 0.296 e. The van der Waals surface area contributed by atoms with Gasteiger partial charge in [-0.05, 0) is 6.07 Å². The Hall–Kier alpha value is -2.17. The molecule has 17 heavy (non-hydrogen) atoms. The second-order valence-electron chi connectivity index (χ2n) is 3.33. The van der Waals surface area contributed by atoms with Gasteiger partial charge in [-0.2, -0.15) is 0 Å². The number of aldehydes is 1. The van der Waals surface area contributed by atoms with E-state index < -0.39 is 12.1 Å². The van der Waals surface area contributed by atoms with E-state index in [9.17, 15) is 13.6 Å². The van der Waals surface area contributed by atoms with Gasteiger partial charge in [-0.25, -0.2) is 18.7 Å². The molecule has 2 aromatic rings. The molecular formula is C12H8F2N2O. The van der Waals surface area contributed by atoms with E-state index in [1.54, 1.807) is 30.3 Å². The highest BCUT2D eigenvalue weighted by molar-refractivity contribution is 5.73. The van der Waals surface area contributed by atoms with Gasteiger partial charge in [0.25, 0.3) is 6.43 Å². The molecule has 0 spiro atoms. The van der Waals surface area contributed by atoms with Crippen molar-refractivity contribution < 1.29 is 13.6 Å². The molecule has 0 unspecified atom stereocenters. The minimum Gasteiger partial charge on any atom is -0.296 e. The average molecular weight is 234 g/mol. The molecule has 0 bridgehead atoms. The number of halogens is 2. The predicted octanol–water partition coefficient (Wildman–Crippen LogP) is 2.89. The Bertz CT molecular complexity index is 529. The highest BCUT2D eigenvalue weighted by Crippen LogP contribution is 2.21. The minimum absolute atomic E-state index is 0.0471. The lowest BCUT2D eigenvalue weighted by atomic mass is 10.2. The zero-order chi connectivity index (χ0) is 12.3. The summed E-state index contributed by atoms with van der Waals surface area (Å²) >= 11 is 0. The predicted molar refractivity (Wildman–Crippen MR) is 57.8 cm³/mol. The van der Waals surface area contributed by atoms with Crippen LogP contribution < -0.4 is 0 Å². The molecule has 5 heteroatoms. The zero-order valence-corrected chi connectivity index (χ0v) is 8.68. The summed E-state index contributed by atoms with van der Waals surface area (Å²) in [6, 6.07) is 9.66. The van der Waals surface area contributed by atoms with Crippen LogP contribution in [-0.4, -0.2) is 16.3 Å². The lowest BCUT2D eigenvalue weighted by Crippen LogP contribution is -2.00. The van der Waals surface area contributed by atoms with Crippen molar-refractivity contribution in [3.63, 3.8) is 0 Å². The van der Waals surface area contributed by atoms with Gasteiger partial charge < -0.3 is 0 Å². The quantitative estimate of drug-likeness (QED) is 0.767. The molecule has 0 aliphatic carbocycles. The van der Waals surface area contributed by atoms with Gasteiger partial charge in [-0.3, -0.25) is 4.79 Å². The number of benzene rings is 1. The summed E-state index contributed by atoms with van der Waals surface area (Å²) in [7, 11) is 0. The lowest BCUT2D eigenvalue weighted by molar-refractivity contribution is 0.111. The molecule has 0 amide bonds. The van der Waals surface area contributed by atoms with Crippen molar-refractivity contribution >= 4 is 6.29 Å². The third-order valence-corrected chi connectivity index (χ3v) is 2.14. The number of carbonyl (C=O) groups excluding carboxylic acids is 1. The van der Waals surface area contributed by atoms with E-state index in [4.69, 9.17) is 0 Å². The van der Waals surface area contributed by atoms with Crippen LogP contribution in [0.25, 0.3) is 11.4 Å². The molecule has 0 N–H and O–H groups in total. The van der Waals surface area contributed by atoms with Gasteiger partial charge >= 0.3 is 0 Å². The molecule has 0 aliphatic rings. The normalized spacial score (nSPS) is 10.5. The number of rotatable bonds is 3. The molecule has 0 saturated heterocycles. The minimum atomic E-state index is -2.72. The summed E-state index contributed by atoms with van der Waals surface area (Å²) in [6.45, 7) is 0. The maximum Gasteiger partial charge on any atom is 0.280 e. The van der Waals surface area contributed by atoms with E-state index in [1.165, 1.54) is 0 Å². The smallest absolute Gasteiger partial charge is 0.280 e. The molecule has 0 saturated carbocycles. The van der Waals surface area contributed by atoms with Crippen LogP contribution in [0.5, 0.6) is 0 Å². The van der Waals surface area contributed by atoms with Crippen molar-refractivity contribution in [1.82, 2.24) is 9.97 Å². The van der Waals surface area contributed by atoms with Gasteiger partial charge in [-0.1, -0.05) is 30.3 Å². The van der Waals surface area contributed by atoms with Gasteiger partial charge in [-0.15, -0.1) is 0 Å². The Morgan fingerprint density at radius 2 is 1.82 bits per heavy atom. The molecular weight excluding hydrogens is 226 g/mol. The van der Waals surface area contributed by atoms with Gasteiger partial charge in [0.1, 0.15) is 11.4 Å². The zero-order valence-electron chi connectivity index (χ0n) is 8.68. The van der Waals surface area contributed by atoms with Crippen molar-refractivity contribution in [2.45, 2.75) is 6.43 Å². The Morgan fingerprint density at radius 3 is 2.41 bits per heavy atom. The molecule has 0 fully saturated rings. The Labute approximate surface area is 96.2 Å². The second kappa shape index (κ2) is 4.78. The summed E-state index contributed by atoms with van der Waals surface area (Å²) in [5.74, 6) is 0.130. The van der Waals surface area contributed by atoms with Crippen LogP contribution in [0, 0.1) is 0 Å². The molecule has 3 nitrogen and oxygen atoms in total. The number of aromatic nitrogens is 2. The Morgan fingerprint density at radius 1 is 1.12 bits per heavy atom. The second-order valence-corrected chi connectivity index (χ2v) is 3.33. The Kier molecular flexibility index (Phi) is 3.18. The first kappa shape index (κ1) is 11.3. The molecule has 2 rings (SSSR count). The summed E-state index contributed by atoms with van der Waals surface area (Å²) in [5, 5.41) is 0. The standard InChI is InChI=1S/C12H8F2N2O/c13-11(14)10-6-9(7-17)15-12(16-10)8-4-2-1-3-5-8/h1-7,11H. The van der Waals surface area contributed by atoms with E-state index >= 15 is 0 Å². The highest BCUT2D eigenvalue weighted by atomic mass is 19.3. The van der Waals surface area contributed by atoms with Crippen LogP contribution in [0.1, 0.15) is 22.6 Å². The molecule has 0 aliphatic heterocycles. The first-order valence-corrected chi connectivity index (χ1v) is 4.88. The number of hydrogen-bond donors (Lipinski definition) is 0. The van der Waals surface area contributed by atoms with Crippen LogP contribution in [0.3, 0.4) is 0 Å². The summed E-state index contributed by atoms with van der Waals surface area (Å²) < 4.78 is 25.1. The monoisotopic (exact) mass is 234 g/mol. The van der Waals surface area contributed by atoms with E-state index in [0.29, 0.717) is 11.8 Å². The maximum atomic E-state index is 12.6. The molecule has 1 aromatic heterocycles. The molecule has 0 radical (unpaired) electrons. The van der Waals surface area contributed by atoms with Crippen molar-refractivity contribution in [3.8, 4) is 11.4 Å². The molecule has 1 heterocycles. The summed E-state index contributed by atoms with van der Waals surface area (Å²) in [6.07, 6.45) is -2.29. The van der Waals surface area contributed by atoms with E-state index in [1.807, 2.05) is 0 Å². The third kappa shape index (κ3) is 2.50. The van der Waals surface area contributed by atoms with Gasteiger partial charge in [0, 0.05) is 5.56 Å². The van der Waals surface area contributed by atoms with E-state index in [2.05, 4.69) is 9.97 Å². The van der Waals surface area contributed by atoms with E-state index in [0.717, 1.165) is 6.07 Å². The summed E-state index contributed by atoms with van der Waals surface area (Å²) in [4.78, 5) is 18.3. The van der Waals surface area contributed by atoms with Gasteiger partial charge in [0.05, 0.1) is 0 Å². The number of alkyl halides is 2. The fourth-order valence-corrected chi connectivity index (χ4v) is 1.37. The fraction of sp³-hybridized carbons (Fsp3) is 0.0833. The lowest BCUT2D eigenvalue weighted by Gasteiger charge is -2.04. The highest BCUT2D eigenvalue weighted by Gasteiger charge is 2.13. The van der Waals surface area contributed by atoms with Gasteiger partial charge in [0.15, 0.2) is 12.1 Å². The topological polar surface area (TPSA) is 42.9 Å². The van der Waals surface area contributed by atoms with Crippen LogP contribution in [0.2, 0.25) is 0 Å². The van der Waals surface area contributed by atoms with Crippen LogP contribution in [0.4, 0.5) is 8.78 Å². The van der Waals surface area contributed by atoms with Gasteiger partial charge in [0.2, 0.25) is 0 Å². The van der Waals surface area contributed by atoms with Crippen molar-refractivity contribution in [2.24, 2.45) is 0 Å². The van der Waals surface area contributed by atoms with Crippen molar-refractivity contribution in [2.75, 3.05) is 0 Å². The van der Waals surface area contributed by atoms with Crippen molar-refractivity contribution in [1.29, 1.82) is 0 Å². The van der Waals surface area contributed by atoms with Crippen LogP contribution >= 0.6 is 0 Å². The van der Waals surface area contributed by atoms with Crippen LogP contribution in [0.15, 0.2) is 36.4 Å². The SMILES string of the molecule is O=Cc1cc(C(F)F)nc(-c2ccccc2)n1. The number of hydrogen-bond acceptors (Lipinski definition) is 3. The summed E-state index contributed by atoms with van der Waals surface area (Å²) in [5.41, 5.74) is 0.105. The first-order chi connectivity index (χ1) is 8.20. The fourth-order valence-electron chi connectivity index (χ4n) is 1.37.